The molecule has 0 spiro atoms. The van der Waals surface area contributed by atoms with E-state index in [0.29, 0.717) is 30.5 Å². The van der Waals surface area contributed by atoms with Crippen LogP contribution in [-0.2, 0) is 14.3 Å². The third-order valence-corrected chi connectivity index (χ3v) is 3.24. The monoisotopic (exact) mass is 274 g/mol. The number of carbonyl (C=O) groups is 1. The molecule has 5 nitrogen and oxygen atoms in total. The standard InChI is InChI=1S/C12H22N2O3S/c1-14(5-2-11(13)18)12(15)9-17-8-10-3-6-16-7-4-10/h10H,2-9H2,1H3,(H2,13,18). The van der Waals surface area contributed by atoms with Crippen molar-refractivity contribution in [2.45, 2.75) is 19.3 Å². The molecule has 0 aromatic heterocycles. The van der Waals surface area contributed by atoms with Gasteiger partial charge in [0.25, 0.3) is 0 Å². The summed E-state index contributed by atoms with van der Waals surface area (Å²) in [5.41, 5.74) is 5.39. The zero-order valence-corrected chi connectivity index (χ0v) is 11.7. The van der Waals surface area contributed by atoms with E-state index in [-0.39, 0.29) is 12.5 Å². The Balaban J connectivity index is 2.09. The fourth-order valence-corrected chi connectivity index (χ4v) is 1.83. The first-order valence-electron chi connectivity index (χ1n) is 6.27. The van der Waals surface area contributed by atoms with E-state index in [9.17, 15) is 4.79 Å². The Morgan fingerprint density at radius 1 is 1.50 bits per heavy atom. The summed E-state index contributed by atoms with van der Waals surface area (Å²) >= 11 is 4.77. The molecule has 0 aliphatic carbocycles. The van der Waals surface area contributed by atoms with Crippen LogP contribution in [0.25, 0.3) is 0 Å². The first-order valence-corrected chi connectivity index (χ1v) is 6.68. The molecular weight excluding hydrogens is 252 g/mol. The highest BCUT2D eigenvalue weighted by Gasteiger charge is 2.15. The second kappa shape index (κ2) is 8.39. The molecule has 1 fully saturated rings. The number of nitrogens with two attached hydrogens (primary N) is 1. The summed E-state index contributed by atoms with van der Waals surface area (Å²) in [5, 5.41) is 0. The van der Waals surface area contributed by atoms with Gasteiger partial charge in [0.2, 0.25) is 5.91 Å². The smallest absolute Gasteiger partial charge is 0.248 e. The van der Waals surface area contributed by atoms with Crippen LogP contribution in [0, 0.1) is 5.92 Å². The Hall–Kier alpha value is -0.720. The average molecular weight is 274 g/mol. The lowest BCUT2D eigenvalue weighted by atomic mass is 10.0. The lowest BCUT2D eigenvalue weighted by molar-refractivity contribution is -0.135. The van der Waals surface area contributed by atoms with Gasteiger partial charge in [-0.15, -0.1) is 0 Å². The molecule has 0 atom stereocenters. The third-order valence-electron chi connectivity index (χ3n) is 3.04. The molecule has 1 amide bonds. The summed E-state index contributed by atoms with van der Waals surface area (Å²) in [7, 11) is 1.73. The second-order valence-electron chi connectivity index (χ2n) is 4.60. The molecule has 1 aliphatic rings. The highest BCUT2D eigenvalue weighted by molar-refractivity contribution is 7.80. The van der Waals surface area contributed by atoms with Crippen LogP contribution in [0.4, 0.5) is 0 Å². The number of thiocarbonyl (C=S) groups is 1. The minimum absolute atomic E-state index is 0.0293. The summed E-state index contributed by atoms with van der Waals surface area (Å²) in [5.74, 6) is 0.492. The number of hydrogen-bond donors (Lipinski definition) is 1. The minimum Gasteiger partial charge on any atom is -0.393 e. The van der Waals surface area contributed by atoms with Crippen molar-refractivity contribution in [1.29, 1.82) is 0 Å². The third kappa shape index (κ3) is 6.28. The molecule has 1 aliphatic heterocycles. The van der Waals surface area contributed by atoms with Crippen LogP contribution in [0.3, 0.4) is 0 Å². The van der Waals surface area contributed by atoms with Crippen molar-refractivity contribution in [2.75, 3.05) is 40.0 Å². The van der Waals surface area contributed by atoms with Gasteiger partial charge in [-0.1, -0.05) is 12.2 Å². The summed E-state index contributed by atoms with van der Waals surface area (Å²) in [6, 6.07) is 0. The normalized spacial score (nSPS) is 16.5. The lowest BCUT2D eigenvalue weighted by Gasteiger charge is -2.22. The molecule has 0 aromatic carbocycles. The van der Waals surface area contributed by atoms with Gasteiger partial charge in [-0.25, -0.2) is 0 Å². The molecule has 0 saturated carbocycles. The summed E-state index contributed by atoms with van der Waals surface area (Å²) in [4.78, 5) is 13.7. The van der Waals surface area contributed by atoms with Crippen molar-refractivity contribution in [3.63, 3.8) is 0 Å². The molecule has 6 heteroatoms. The highest BCUT2D eigenvalue weighted by Crippen LogP contribution is 2.14. The second-order valence-corrected chi connectivity index (χ2v) is 5.13. The number of rotatable bonds is 7. The van der Waals surface area contributed by atoms with Crippen molar-refractivity contribution in [2.24, 2.45) is 11.7 Å². The Bertz CT molecular complexity index is 280. The Kier molecular flexibility index (Phi) is 7.15. The molecule has 1 rings (SSSR count). The van der Waals surface area contributed by atoms with E-state index in [2.05, 4.69) is 0 Å². The maximum Gasteiger partial charge on any atom is 0.248 e. The average Bonchev–Trinajstić information content (AvgIpc) is 2.37. The predicted molar refractivity (Wildman–Crippen MR) is 73.4 cm³/mol. The number of carbonyl (C=O) groups excluding carboxylic acids is 1. The van der Waals surface area contributed by atoms with E-state index >= 15 is 0 Å². The maximum absolute atomic E-state index is 11.7. The number of likely N-dealkylation sites (N-methyl/N-ethyl adjacent to an activating group) is 1. The SMILES string of the molecule is CN(CCC(N)=S)C(=O)COCC1CCOCC1. The van der Waals surface area contributed by atoms with Gasteiger partial charge in [0.15, 0.2) is 0 Å². The molecule has 0 aromatic rings. The minimum atomic E-state index is -0.0293. The molecule has 18 heavy (non-hydrogen) atoms. The van der Waals surface area contributed by atoms with Gasteiger partial charge in [-0.2, -0.15) is 0 Å². The van der Waals surface area contributed by atoms with Crippen LogP contribution < -0.4 is 5.73 Å². The number of ether oxygens (including phenoxy) is 2. The van der Waals surface area contributed by atoms with E-state index in [1.54, 1.807) is 11.9 Å². The summed E-state index contributed by atoms with van der Waals surface area (Å²) < 4.78 is 10.7. The van der Waals surface area contributed by atoms with Crippen LogP contribution in [0.1, 0.15) is 19.3 Å². The summed E-state index contributed by atoms with van der Waals surface area (Å²) in [6.45, 7) is 2.92. The van der Waals surface area contributed by atoms with Crippen molar-refractivity contribution in [1.82, 2.24) is 4.90 Å². The van der Waals surface area contributed by atoms with Crippen LogP contribution in [-0.4, -0.2) is 55.8 Å². The molecule has 0 unspecified atom stereocenters. The van der Waals surface area contributed by atoms with Crippen molar-refractivity contribution in [3.8, 4) is 0 Å². The Morgan fingerprint density at radius 2 is 2.17 bits per heavy atom. The first-order chi connectivity index (χ1) is 8.59. The quantitative estimate of drug-likeness (QED) is 0.687. The van der Waals surface area contributed by atoms with Gasteiger partial charge in [0, 0.05) is 33.2 Å². The van der Waals surface area contributed by atoms with E-state index in [4.69, 9.17) is 27.4 Å². The van der Waals surface area contributed by atoms with Gasteiger partial charge >= 0.3 is 0 Å². The van der Waals surface area contributed by atoms with E-state index in [1.807, 2.05) is 0 Å². The number of hydrogen-bond acceptors (Lipinski definition) is 4. The number of amides is 1. The molecule has 104 valence electrons. The van der Waals surface area contributed by atoms with Gasteiger partial charge in [-0.05, 0) is 18.8 Å². The van der Waals surface area contributed by atoms with E-state index in [1.165, 1.54) is 0 Å². The van der Waals surface area contributed by atoms with Gasteiger partial charge in [0.05, 0.1) is 11.6 Å². The van der Waals surface area contributed by atoms with Crippen molar-refractivity contribution >= 4 is 23.1 Å². The van der Waals surface area contributed by atoms with Gasteiger partial charge in [-0.3, -0.25) is 4.79 Å². The Morgan fingerprint density at radius 3 is 2.78 bits per heavy atom. The molecular formula is C12H22N2O3S. The molecule has 0 radical (unpaired) electrons. The van der Waals surface area contributed by atoms with Crippen LogP contribution in [0.2, 0.25) is 0 Å². The highest BCUT2D eigenvalue weighted by atomic mass is 32.1. The fourth-order valence-electron chi connectivity index (χ4n) is 1.74. The predicted octanol–water partition coefficient (Wildman–Crippen LogP) is 0.564. The molecule has 1 heterocycles. The number of nitrogens with zero attached hydrogens (tertiary/aromatic N) is 1. The zero-order valence-electron chi connectivity index (χ0n) is 10.9. The van der Waals surface area contributed by atoms with E-state index < -0.39 is 0 Å². The lowest BCUT2D eigenvalue weighted by Crippen LogP contribution is -2.33. The largest absolute Gasteiger partial charge is 0.393 e. The van der Waals surface area contributed by atoms with Crippen molar-refractivity contribution in [3.05, 3.63) is 0 Å². The Labute approximate surface area is 114 Å². The van der Waals surface area contributed by atoms with E-state index in [0.717, 1.165) is 26.1 Å². The first kappa shape index (κ1) is 15.3. The fraction of sp³-hybridized carbons (Fsp3) is 0.833. The van der Waals surface area contributed by atoms with Crippen LogP contribution in [0.5, 0.6) is 0 Å². The summed E-state index contributed by atoms with van der Waals surface area (Å²) in [6.07, 6.45) is 2.59. The maximum atomic E-state index is 11.7. The topological polar surface area (TPSA) is 64.8 Å². The molecule has 2 N–H and O–H groups in total. The molecule has 0 bridgehead atoms. The van der Waals surface area contributed by atoms with Crippen LogP contribution >= 0.6 is 12.2 Å². The molecule has 1 saturated heterocycles. The zero-order chi connectivity index (χ0) is 13.4. The van der Waals surface area contributed by atoms with Crippen molar-refractivity contribution < 1.29 is 14.3 Å². The van der Waals surface area contributed by atoms with Gasteiger partial charge in [0.1, 0.15) is 6.61 Å². The van der Waals surface area contributed by atoms with Crippen LogP contribution in [0.15, 0.2) is 0 Å². The van der Waals surface area contributed by atoms with Gasteiger partial charge < -0.3 is 20.1 Å².